The number of nitrogens with zero attached hydrogens (tertiary/aromatic N) is 1. The highest BCUT2D eigenvalue weighted by Crippen LogP contribution is 2.20. The summed E-state index contributed by atoms with van der Waals surface area (Å²) in [4.78, 5) is 36.6. The molecule has 0 unspecified atom stereocenters. The summed E-state index contributed by atoms with van der Waals surface area (Å²) in [6.45, 7) is 0. The fourth-order valence-electron chi connectivity index (χ4n) is 2.44. The van der Waals surface area contributed by atoms with Gasteiger partial charge in [0.15, 0.2) is 5.78 Å². The molecule has 25 heavy (non-hydrogen) atoms. The molecule has 0 spiro atoms. The van der Waals surface area contributed by atoms with E-state index in [1.807, 2.05) is 24.3 Å². The van der Waals surface area contributed by atoms with E-state index in [0.717, 1.165) is 10.5 Å². The maximum absolute atomic E-state index is 12.3. The van der Waals surface area contributed by atoms with Crippen LogP contribution < -0.4 is 9.64 Å². The van der Waals surface area contributed by atoms with Crippen molar-refractivity contribution >= 4 is 29.4 Å². The zero-order valence-electron chi connectivity index (χ0n) is 13.5. The van der Waals surface area contributed by atoms with Gasteiger partial charge in [-0.2, -0.15) is 0 Å². The van der Waals surface area contributed by atoms with Crippen LogP contribution in [-0.4, -0.2) is 24.7 Å². The number of ether oxygens (including phenoxy) is 1. The third-order valence-corrected chi connectivity index (χ3v) is 3.74. The van der Waals surface area contributed by atoms with Gasteiger partial charge < -0.3 is 4.74 Å². The van der Waals surface area contributed by atoms with Crippen molar-refractivity contribution in [3.05, 3.63) is 77.9 Å². The van der Waals surface area contributed by atoms with Crippen LogP contribution in [0.2, 0.25) is 0 Å². The molecule has 0 atom stereocenters. The van der Waals surface area contributed by atoms with Crippen molar-refractivity contribution in [2.24, 2.45) is 0 Å². The maximum atomic E-state index is 12.3. The van der Waals surface area contributed by atoms with Gasteiger partial charge in [-0.05, 0) is 48.0 Å². The van der Waals surface area contributed by atoms with Crippen molar-refractivity contribution in [3.63, 3.8) is 0 Å². The molecule has 2 aromatic rings. The van der Waals surface area contributed by atoms with E-state index in [4.69, 9.17) is 4.74 Å². The standard InChI is InChI=1S/C20H15NO4/c1-25-17-4-2-3-14(13-17)5-10-18(22)15-6-8-16(9-7-15)21-19(23)11-12-20(21)24/h2-13H,1H3. The van der Waals surface area contributed by atoms with E-state index in [9.17, 15) is 14.4 Å². The Labute approximate surface area is 144 Å². The number of imide groups is 1. The molecule has 0 saturated heterocycles. The Morgan fingerprint density at radius 1 is 1.00 bits per heavy atom. The predicted octanol–water partition coefficient (Wildman–Crippen LogP) is 3.02. The minimum atomic E-state index is -0.387. The van der Waals surface area contributed by atoms with Crippen molar-refractivity contribution in [2.75, 3.05) is 12.0 Å². The maximum Gasteiger partial charge on any atom is 0.258 e. The topological polar surface area (TPSA) is 63.7 Å². The number of anilines is 1. The lowest BCUT2D eigenvalue weighted by atomic mass is 10.1. The fourth-order valence-corrected chi connectivity index (χ4v) is 2.44. The molecule has 0 radical (unpaired) electrons. The number of benzene rings is 2. The molecule has 124 valence electrons. The van der Waals surface area contributed by atoms with Crippen LogP contribution in [0.3, 0.4) is 0 Å². The van der Waals surface area contributed by atoms with E-state index in [2.05, 4.69) is 0 Å². The summed E-state index contributed by atoms with van der Waals surface area (Å²) >= 11 is 0. The first-order valence-electron chi connectivity index (χ1n) is 7.61. The van der Waals surface area contributed by atoms with E-state index in [1.54, 1.807) is 37.5 Å². The monoisotopic (exact) mass is 333 g/mol. The lowest BCUT2D eigenvalue weighted by molar-refractivity contribution is -0.119. The van der Waals surface area contributed by atoms with E-state index < -0.39 is 0 Å². The lowest BCUT2D eigenvalue weighted by Crippen LogP contribution is -2.29. The van der Waals surface area contributed by atoms with Crippen molar-refractivity contribution in [3.8, 4) is 5.75 Å². The summed E-state index contributed by atoms with van der Waals surface area (Å²) in [5.74, 6) is -0.233. The Hall–Kier alpha value is -3.47. The molecule has 1 heterocycles. The van der Waals surface area contributed by atoms with Gasteiger partial charge in [-0.1, -0.05) is 18.2 Å². The Morgan fingerprint density at radius 2 is 1.68 bits per heavy atom. The van der Waals surface area contributed by atoms with Crippen LogP contribution in [0, 0.1) is 0 Å². The third kappa shape index (κ3) is 3.55. The Bertz CT molecular complexity index is 876. The van der Waals surface area contributed by atoms with Crippen LogP contribution in [0.5, 0.6) is 5.75 Å². The minimum Gasteiger partial charge on any atom is -0.497 e. The van der Waals surface area contributed by atoms with E-state index in [1.165, 1.54) is 18.2 Å². The van der Waals surface area contributed by atoms with Crippen molar-refractivity contribution in [1.29, 1.82) is 0 Å². The Kier molecular flexibility index (Phi) is 4.57. The fraction of sp³-hybridized carbons (Fsp3) is 0.0500. The van der Waals surface area contributed by atoms with E-state index >= 15 is 0 Å². The molecular weight excluding hydrogens is 318 g/mol. The molecule has 0 bridgehead atoms. The summed E-state index contributed by atoms with van der Waals surface area (Å²) in [5.41, 5.74) is 1.76. The van der Waals surface area contributed by atoms with Crippen LogP contribution in [0.4, 0.5) is 5.69 Å². The summed E-state index contributed by atoms with van der Waals surface area (Å²) < 4.78 is 5.14. The zero-order valence-corrected chi connectivity index (χ0v) is 13.5. The van der Waals surface area contributed by atoms with Crippen LogP contribution in [0.15, 0.2) is 66.8 Å². The molecule has 1 aliphatic rings. The quantitative estimate of drug-likeness (QED) is 0.479. The summed E-state index contributed by atoms with van der Waals surface area (Å²) in [7, 11) is 1.58. The Balaban J connectivity index is 1.73. The highest BCUT2D eigenvalue weighted by atomic mass is 16.5. The molecule has 1 aliphatic heterocycles. The molecular formula is C20H15NO4. The van der Waals surface area contributed by atoms with E-state index in [-0.39, 0.29) is 17.6 Å². The second kappa shape index (κ2) is 6.97. The molecule has 0 fully saturated rings. The summed E-state index contributed by atoms with van der Waals surface area (Å²) in [5, 5.41) is 0. The van der Waals surface area contributed by atoms with Crippen LogP contribution in [0.1, 0.15) is 15.9 Å². The van der Waals surface area contributed by atoms with Crippen molar-refractivity contribution in [2.45, 2.75) is 0 Å². The van der Waals surface area contributed by atoms with Gasteiger partial charge in [0.05, 0.1) is 12.8 Å². The molecule has 2 amide bonds. The number of hydrogen-bond donors (Lipinski definition) is 0. The molecule has 0 aliphatic carbocycles. The second-order valence-corrected chi connectivity index (χ2v) is 5.37. The molecule has 5 heteroatoms. The smallest absolute Gasteiger partial charge is 0.258 e. The number of ketones is 1. The number of allylic oxidation sites excluding steroid dienone is 1. The van der Waals surface area contributed by atoms with Gasteiger partial charge in [-0.25, -0.2) is 4.90 Å². The zero-order chi connectivity index (χ0) is 17.8. The minimum absolute atomic E-state index is 0.174. The van der Waals surface area contributed by atoms with E-state index in [0.29, 0.717) is 17.0 Å². The van der Waals surface area contributed by atoms with Gasteiger partial charge in [0.2, 0.25) is 0 Å². The predicted molar refractivity (Wildman–Crippen MR) is 94.4 cm³/mol. The SMILES string of the molecule is COc1cccc(C=CC(=O)c2ccc(N3C(=O)C=CC3=O)cc2)c1. The van der Waals surface area contributed by atoms with Crippen LogP contribution >= 0.6 is 0 Å². The first kappa shape index (κ1) is 16.4. The number of hydrogen-bond acceptors (Lipinski definition) is 4. The molecule has 0 saturated carbocycles. The highest BCUT2D eigenvalue weighted by molar-refractivity contribution is 6.28. The molecule has 0 aromatic heterocycles. The average Bonchev–Trinajstić information content (AvgIpc) is 2.98. The summed E-state index contributed by atoms with van der Waals surface area (Å²) in [6.07, 6.45) is 5.62. The first-order valence-corrected chi connectivity index (χ1v) is 7.61. The van der Waals surface area contributed by atoms with Gasteiger partial charge in [0.1, 0.15) is 5.75 Å². The third-order valence-electron chi connectivity index (χ3n) is 3.74. The molecule has 0 N–H and O–H groups in total. The van der Waals surface area contributed by atoms with Gasteiger partial charge >= 0.3 is 0 Å². The lowest BCUT2D eigenvalue weighted by Gasteiger charge is -2.13. The largest absolute Gasteiger partial charge is 0.497 e. The Morgan fingerprint density at radius 3 is 2.32 bits per heavy atom. The second-order valence-electron chi connectivity index (χ2n) is 5.37. The first-order chi connectivity index (χ1) is 12.1. The number of carbonyl (C=O) groups excluding carboxylic acids is 3. The molecule has 2 aromatic carbocycles. The molecule has 3 rings (SSSR count). The molecule has 5 nitrogen and oxygen atoms in total. The van der Waals surface area contributed by atoms with Gasteiger partial charge in [-0.3, -0.25) is 14.4 Å². The number of methoxy groups -OCH3 is 1. The summed E-state index contributed by atoms with van der Waals surface area (Å²) in [6, 6.07) is 13.7. The highest BCUT2D eigenvalue weighted by Gasteiger charge is 2.24. The van der Waals surface area contributed by atoms with Gasteiger partial charge in [-0.15, -0.1) is 0 Å². The van der Waals surface area contributed by atoms with Crippen LogP contribution in [-0.2, 0) is 9.59 Å². The average molecular weight is 333 g/mol. The van der Waals surface area contributed by atoms with Gasteiger partial charge in [0, 0.05) is 17.7 Å². The van der Waals surface area contributed by atoms with Crippen LogP contribution in [0.25, 0.3) is 6.08 Å². The number of amides is 2. The van der Waals surface area contributed by atoms with Gasteiger partial charge in [0.25, 0.3) is 11.8 Å². The van der Waals surface area contributed by atoms with Crippen molar-refractivity contribution < 1.29 is 19.1 Å². The number of rotatable bonds is 5. The van der Waals surface area contributed by atoms with Crippen molar-refractivity contribution in [1.82, 2.24) is 0 Å². The normalized spacial score (nSPS) is 13.7. The number of carbonyl (C=O) groups is 3.